The first-order valence-electron chi connectivity index (χ1n) is 2.56. The number of hydrogen-bond acceptors (Lipinski definition) is 1. The Hall–Kier alpha value is -1.31. The molecule has 0 saturated carbocycles. The standard InChI is InChI=1S/C7H5O2/c8-5-6-3-1-2-4-7(6)9/h1-5H. The minimum Gasteiger partial charge on any atom is -0.298 e. The molecule has 0 bridgehead atoms. The van der Waals surface area contributed by atoms with Gasteiger partial charge in [-0.2, -0.15) is 0 Å². The maximum Gasteiger partial charge on any atom is 0.189 e. The monoisotopic (exact) mass is 121 g/mol. The molecular formula is C7H5O2. The fraction of sp³-hybridized carbons (Fsp3) is 0. The lowest BCUT2D eigenvalue weighted by atomic mass is 10.2. The summed E-state index contributed by atoms with van der Waals surface area (Å²) in [5, 5.41) is 10.6. The van der Waals surface area contributed by atoms with E-state index in [1.807, 2.05) is 0 Å². The molecule has 1 aromatic carbocycles. The van der Waals surface area contributed by atoms with Crippen LogP contribution in [0.4, 0.5) is 0 Å². The Kier molecular flexibility index (Phi) is 1.49. The SMILES string of the molecule is [O]c1ccccc1C=O. The molecular weight excluding hydrogens is 116 g/mol. The number of aldehydes is 1. The predicted molar refractivity (Wildman–Crippen MR) is 32.0 cm³/mol. The lowest BCUT2D eigenvalue weighted by Gasteiger charge is -1.87. The van der Waals surface area contributed by atoms with Gasteiger partial charge < -0.3 is 0 Å². The van der Waals surface area contributed by atoms with Crippen molar-refractivity contribution in [1.82, 2.24) is 0 Å². The summed E-state index contributed by atoms with van der Waals surface area (Å²) in [6, 6.07) is 6.12. The number of para-hydroxylation sites is 1. The molecule has 0 amide bonds. The van der Waals surface area contributed by atoms with Gasteiger partial charge in [0.1, 0.15) is 0 Å². The molecule has 0 atom stereocenters. The Morgan fingerprint density at radius 2 is 1.89 bits per heavy atom. The third-order valence-corrected chi connectivity index (χ3v) is 1.05. The van der Waals surface area contributed by atoms with E-state index in [4.69, 9.17) is 0 Å². The Bertz CT molecular complexity index is 218. The molecule has 0 aliphatic heterocycles. The Balaban J connectivity index is 3.15. The second-order valence-corrected chi connectivity index (χ2v) is 1.66. The molecule has 1 rings (SSSR count). The lowest BCUT2D eigenvalue weighted by Crippen LogP contribution is -1.76. The number of benzene rings is 1. The van der Waals surface area contributed by atoms with Crippen molar-refractivity contribution in [3.8, 4) is 5.75 Å². The second-order valence-electron chi connectivity index (χ2n) is 1.66. The number of carbonyl (C=O) groups is 1. The van der Waals surface area contributed by atoms with E-state index in [-0.39, 0.29) is 11.3 Å². The minimum atomic E-state index is -0.215. The molecule has 0 saturated heterocycles. The topological polar surface area (TPSA) is 37.0 Å². The fourth-order valence-corrected chi connectivity index (χ4v) is 0.578. The summed E-state index contributed by atoms with van der Waals surface area (Å²) >= 11 is 0. The van der Waals surface area contributed by atoms with Gasteiger partial charge in [-0.3, -0.25) is 9.90 Å². The molecule has 0 fully saturated rings. The molecule has 1 radical (unpaired) electrons. The summed E-state index contributed by atoms with van der Waals surface area (Å²) < 4.78 is 0. The zero-order chi connectivity index (χ0) is 6.69. The van der Waals surface area contributed by atoms with Gasteiger partial charge in [0.05, 0.1) is 5.56 Å². The van der Waals surface area contributed by atoms with Gasteiger partial charge in [-0.25, -0.2) is 0 Å². The summed E-state index contributed by atoms with van der Waals surface area (Å²) in [6.07, 6.45) is 0.558. The van der Waals surface area contributed by atoms with E-state index >= 15 is 0 Å². The van der Waals surface area contributed by atoms with Crippen molar-refractivity contribution in [3.05, 3.63) is 29.8 Å². The maximum atomic E-state index is 10.6. The summed E-state index contributed by atoms with van der Waals surface area (Å²) in [5.41, 5.74) is 0.220. The van der Waals surface area contributed by atoms with E-state index in [0.717, 1.165) is 0 Å². The quantitative estimate of drug-likeness (QED) is 0.520. The van der Waals surface area contributed by atoms with Gasteiger partial charge in [-0.15, -0.1) is 0 Å². The van der Waals surface area contributed by atoms with Gasteiger partial charge in [0.25, 0.3) is 0 Å². The molecule has 0 aliphatic carbocycles. The summed E-state index contributed by atoms with van der Waals surface area (Å²) in [5.74, 6) is -0.215. The predicted octanol–water partition coefficient (Wildman–Crippen LogP) is 1.64. The van der Waals surface area contributed by atoms with Crippen LogP contribution in [0.5, 0.6) is 5.75 Å². The molecule has 0 aromatic heterocycles. The highest BCUT2D eigenvalue weighted by molar-refractivity contribution is 5.78. The first-order chi connectivity index (χ1) is 4.34. The zero-order valence-corrected chi connectivity index (χ0v) is 4.70. The van der Waals surface area contributed by atoms with Crippen LogP contribution in [-0.2, 0) is 5.11 Å². The normalized spacial score (nSPS) is 8.89. The van der Waals surface area contributed by atoms with Gasteiger partial charge >= 0.3 is 0 Å². The zero-order valence-electron chi connectivity index (χ0n) is 4.70. The summed E-state index contributed by atoms with van der Waals surface area (Å²) in [7, 11) is 0. The van der Waals surface area contributed by atoms with Crippen LogP contribution >= 0.6 is 0 Å². The van der Waals surface area contributed by atoms with Crippen LogP contribution in [0, 0.1) is 0 Å². The number of carbonyl (C=O) groups excluding carboxylic acids is 1. The van der Waals surface area contributed by atoms with Crippen molar-refractivity contribution in [2.45, 2.75) is 0 Å². The Morgan fingerprint density at radius 3 is 2.33 bits per heavy atom. The van der Waals surface area contributed by atoms with E-state index in [1.54, 1.807) is 12.1 Å². The van der Waals surface area contributed by atoms with Gasteiger partial charge in [-0.05, 0) is 12.1 Å². The number of rotatable bonds is 1. The van der Waals surface area contributed by atoms with Crippen molar-refractivity contribution in [1.29, 1.82) is 0 Å². The molecule has 45 valence electrons. The van der Waals surface area contributed by atoms with Crippen molar-refractivity contribution < 1.29 is 9.90 Å². The van der Waals surface area contributed by atoms with Gasteiger partial charge in [0.2, 0.25) is 0 Å². The van der Waals surface area contributed by atoms with Crippen LogP contribution in [0.3, 0.4) is 0 Å². The highest BCUT2D eigenvalue weighted by Crippen LogP contribution is 2.12. The van der Waals surface area contributed by atoms with Crippen LogP contribution in [0.15, 0.2) is 24.3 Å². The van der Waals surface area contributed by atoms with E-state index in [9.17, 15) is 9.90 Å². The highest BCUT2D eigenvalue weighted by Gasteiger charge is 1.96. The van der Waals surface area contributed by atoms with Crippen molar-refractivity contribution in [3.63, 3.8) is 0 Å². The molecule has 0 heterocycles. The summed E-state index contributed by atoms with van der Waals surface area (Å²) in [4.78, 5) is 10.0. The van der Waals surface area contributed by atoms with Crippen LogP contribution in [0.1, 0.15) is 10.4 Å². The molecule has 9 heavy (non-hydrogen) atoms. The fourth-order valence-electron chi connectivity index (χ4n) is 0.578. The molecule has 2 heteroatoms. The first-order valence-corrected chi connectivity index (χ1v) is 2.56. The molecule has 0 unspecified atom stereocenters. The van der Waals surface area contributed by atoms with Crippen LogP contribution < -0.4 is 0 Å². The molecule has 0 spiro atoms. The molecule has 0 aliphatic rings. The average molecular weight is 121 g/mol. The molecule has 2 nitrogen and oxygen atoms in total. The van der Waals surface area contributed by atoms with E-state index in [1.165, 1.54) is 12.1 Å². The summed E-state index contributed by atoms with van der Waals surface area (Å²) in [6.45, 7) is 0. The van der Waals surface area contributed by atoms with Crippen molar-refractivity contribution in [2.24, 2.45) is 0 Å². The lowest BCUT2D eigenvalue weighted by molar-refractivity contribution is 0.111. The third-order valence-electron chi connectivity index (χ3n) is 1.05. The van der Waals surface area contributed by atoms with Gasteiger partial charge in [-0.1, -0.05) is 12.1 Å². The van der Waals surface area contributed by atoms with E-state index in [2.05, 4.69) is 0 Å². The average Bonchev–Trinajstić information content (AvgIpc) is 1.89. The van der Waals surface area contributed by atoms with E-state index in [0.29, 0.717) is 6.29 Å². The molecule has 1 aromatic rings. The largest absolute Gasteiger partial charge is 0.298 e. The smallest absolute Gasteiger partial charge is 0.189 e. The first kappa shape index (κ1) is 5.82. The van der Waals surface area contributed by atoms with Crippen LogP contribution in [0.2, 0.25) is 0 Å². The van der Waals surface area contributed by atoms with Gasteiger partial charge in [0, 0.05) is 0 Å². The third kappa shape index (κ3) is 1.08. The van der Waals surface area contributed by atoms with E-state index < -0.39 is 0 Å². The van der Waals surface area contributed by atoms with Crippen molar-refractivity contribution >= 4 is 6.29 Å². The van der Waals surface area contributed by atoms with Crippen molar-refractivity contribution in [2.75, 3.05) is 0 Å². The van der Waals surface area contributed by atoms with Gasteiger partial charge in [0.15, 0.2) is 12.0 Å². The van der Waals surface area contributed by atoms with Crippen LogP contribution in [0.25, 0.3) is 0 Å². The maximum absolute atomic E-state index is 10.6. The molecule has 0 N–H and O–H groups in total. The highest BCUT2D eigenvalue weighted by atomic mass is 16.3. The minimum absolute atomic E-state index is 0.215. The number of hydrogen-bond donors (Lipinski definition) is 0. The van der Waals surface area contributed by atoms with Crippen LogP contribution in [-0.4, -0.2) is 6.29 Å². The Labute approximate surface area is 52.8 Å². The Morgan fingerprint density at radius 1 is 1.22 bits per heavy atom. The second kappa shape index (κ2) is 2.31.